The van der Waals surface area contributed by atoms with Crippen LogP contribution in [0.5, 0.6) is 5.88 Å². The molecule has 0 aliphatic rings. The van der Waals surface area contributed by atoms with Crippen molar-refractivity contribution in [2.24, 2.45) is 0 Å². The number of carboxylic acids is 1. The lowest BCUT2D eigenvalue weighted by Crippen LogP contribution is -2.24. The first kappa shape index (κ1) is 12.5. The predicted molar refractivity (Wildman–Crippen MR) is 60.1 cm³/mol. The van der Waals surface area contributed by atoms with Crippen molar-refractivity contribution in [3.8, 4) is 5.88 Å². The summed E-state index contributed by atoms with van der Waals surface area (Å²) in [5, 5.41) is 13.5. The van der Waals surface area contributed by atoms with Crippen LogP contribution in [-0.2, 0) is 12.0 Å². The number of carboxylic acid groups (broad SMARTS) is 1. The quantitative estimate of drug-likeness (QED) is 0.855. The fourth-order valence-corrected chi connectivity index (χ4v) is 1.55. The van der Waals surface area contributed by atoms with Gasteiger partial charge in [-0.25, -0.2) is 9.48 Å². The number of nitrogens with zero attached hydrogens (tertiary/aromatic N) is 2. The lowest BCUT2D eigenvalue weighted by atomic mass is 10.1. The van der Waals surface area contributed by atoms with Crippen molar-refractivity contribution >= 4 is 5.97 Å². The standard InChI is InChI=1S/C11H18N2O3/c1-6-7-8(10(14)15)9(16-5)13(12-7)11(2,3)4/h6H2,1-5H3,(H,14,15). The van der Waals surface area contributed by atoms with Gasteiger partial charge in [0.15, 0.2) is 0 Å². The normalized spacial score (nSPS) is 11.6. The predicted octanol–water partition coefficient (Wildman–Crippen LogP) is 1.91. The molecule has 0 fully saturated rings. The van der Waals surface area contributed by atoms with Gasteiger partial charge in [-0.1, -0.05) is 6.92 Å². The Kier molecular flexibility index (Phi) is 3.26. The number of ether oxygens (including phenoxy) is 1. The molecule has 1 aromatic rings. The van der Waals surface area contributed by atoms with Gasteiger partial charge in [-0.3, -0.25) is 0 Å². The first-order valence-electron chi connectivity index (χ1n) is 5.22. The van der Waals surface area contributed by atoms with Gasteiger partial charge in [0.2, 0.25) is 5.88 Å². The third kappa shape index (κ3) is 2.03. The Balaban J connectivity index is 3.48. The van der Waals surface area contributed by atoms with Crippen LogP contribution in [0.25, 0.3) is 0 Å². The van der Waals surface area contributed by atoms with Gasteiger partial charge in [-0.2, -0.15) is 5.10 Å². The van der Waals surface area contributed by atoms with E-state index in [2.05, 4.69) is 5.10 Å². The van der Waals surface area contributed by atoms with E-state index in [4.69, 9.17) is 9.84 Å². The van der Waals surface area contributed by atoms with E-state index < -0.39 is 5.97 Å². The van der Waals surface area contributed by atoms with Gasteiger partial charge in [0.1, 0.15) is 5.56 Å². The summed E-state index contributed by atoms with van der Waals surface area (Å²) < 4.78 is 6.79. The lowest BCUT2D eigenvalue weighted by Gasteiger charge is -2.21. The molecule has 1 heterocycles. The molecular formula is C11H18N2O3. The molecule has 0 spiro atoms. The minimum Gasteiger partial charge on any atom is -0.481 e. The van der Waals surface area contributed by atoms with E-state index in [9.17, 15) is 4.79 Å². The molecule has 0 amide bonds. The molecule has 0 saturated carbocycles. The van der Waals surface area contributed by atoms with E-state index in [1.165, 1.54) is 7.11 Å². The van der Waals surface area contributed by atoms with Crippen molar-refractivity contribution in [2.75, 3.05) is 7.11 Å². The maximum atomic E-state index is 11.2. The molecule has 1 N–H and O–H groups in total. The fraction of sp³-hybridized carbons (Fsp3) is 0.636. The maximum Gasteiger partial charge on any atom is 0.343 e. The Morgan fingerprint density at radius 1 is 1.50 bits per heavy atom. The van der Waals surface area contributed by atoms with Gasteiger partial charge in [0, 0.05) is 0 Å². The Morgan fingerprint density at radius 2 is 2.06 bits per heavy atom. The van der Waals surface area contributed by atoms with Crippen molar-refractivity contribution in [3.63, 3.8) is 0 Å². The number of aromatic nitrogens is 2. The highest BCUT2D eigenvalue weighted by molar-refractivity contribution is 5.91. The molecule has 0 bridgehead atoms. The van der Waals surface area contributed by atoms with E-state index in [-0.39, 0.29) is 11.1 Å². The Bertz CT molecular complexity index is 402. The SMILES string of the molecule is CCc1nn(C(C)(C)C)c(OC)c1C(=O)O. The third-order valence-corrected chi connectivity index (χ3v) is 2.29. The van der Waals surface area contributed by atoms with Gasteiger partial charge in [-0.15, -0.1) is 0 Å². The molecule has 1 rings (SSSR count). The van der Waals surface area contributed by atoms with E-state index in [1.807, 2.05) is 27.7 Å². The number of rotatable bonds is 3. The molecule has 90 valence electrons. The van der Waals surface area contributed by atoms with E-state index in [1.54, 1.807) is 4.68 Å². The zero-order valence-corrected chi connectivity index (χ0v) is 10.4. The van der Waals surface area contributed by atoms with Crippen LogP contribution in [0.1, 0.15) is 43.7 Å². The van der Waals surface area contributed by atoms with Crippen molar-refractivity contribution in [1.82, 2.24) is 9.78 Å². The monoisotopic (exact) mass is 226 g/mol. The van der Waals surface area contributed by atoms with E-state index >= 15 is 0 Å². The molecule has 0 aliphatic carbocycles. The molecule has 0 atom stereocenters. The highest BCUT2D eigenvalue weighted by Crippen LogP contribution is 2.28. The summed E-state index contributed by atoms with van der Waals surface area (Å²) in [6, 6.07) is 0. The number of hydrogen-bond acceptors (Lipinski definition) is 3. The first-order valence-corrected chi connectivity index (χ1v) is 5.22. The smallest absolute Gasteiger partial charge is 0.343 e. The molecular weight excluding hydrogens is 208 g/mol. The summed E-state index contributed by atoms with van der Waals surface area (Å²) >= 11 is 0. The van der Waals surface area contributed by atoms with E-state index in [0.29, 0.717) is 18.0 Å². The van der Waals surface area contributed by atoms with Gasteiger partial charge in [0.05, 0.1) is 18.3 Å². The Hall–Kier alpha value is -1.52. The van der Waals surface area contributed by atoms with Crippen LogP contribution in [0.4, 0.5) is 0 Å². The summed E-state index contributed by atoms with van der Waals surface area (Å²) in [6.07, 6.45) is 0.571. The average Bonchev–Trinajstić information content (AvgIpc) is 2.54. The summed E-state index contributed by atoms with van der Waals surface area (Å²) in [6.45, 7) is 7.73. The second-order valence-corrected chi connectivity index (χ2v) is 4.57. The largest absolute Gasteiger partial charge is 0.481 e. The van der Waals surface area contributed by atoms with Crippen LogP contribution in [0, 0.1) is 0 Å². The highest BCUT2D eigenvalue weighted by Gasteiger charge is 2.28. The Labute approximate surface area is 95.0 Å². The average molecular weight is 226 g/mol. The number of hydrogen-bond donors (Lipinski definition) is 1. The summed E-state index contributed by atoms with van der Waals surface area (Å²) in [7, 11) is 1.46. The third-order valence-electron chi connectivity index (χ3n) is 2.29. The molecule has 0 saturated heterocycles. The fourth-order valence-electron chi connectivity index (χ4n) is 1.55. The number of aromatic carboxylic acids is 1. The van der Waals surface area contributed by atoms with Gasteiger partial charge in [0.25, 0.3) is 0 Å². The molecule has 0 radical (unpaired) electrons. The molecule has 0 aromatic carbocycles. The minimum absolute atomic E-state index is 0.167. The molecule has 16 heavy (non-hydrogen) atoms. The maximum absolute atomic E-state index is 11.2. The summed E-state index contributed by atoms with van der Waals surface area (Å²) in [4.78, 5) is 11.2. The van der Waals surface area contributed by atoms with Crippen LogP contribution < -0.4 is 4.74 Å². The number of methoxy groups -OCH3 is 1. The van der Waals surface area contributed by atoms with Crippen LogP contribution >= 0.6 is 0 Å². The molecule has 0 unspecified atom stereocenters. The number of aryl methyl sites for hydroxylation is 1. The Morgan fingerprint density at radius 3 is 2.38 bits per heavy atom. The molecule has 5 heteroatoms. The van der Waals surface area contributed by atoms with E-state index in [0.717, 1.165) is 0 Å². The van der Waals surface area contributed by atoms with Gasteiger partial charge >= 0.3 is 5.97 Å². The van der Waals surface area contributed by atoms with Crippen molar-refractivity contribution in [1.29, 1.82) is 0 Å². The highest BCUT2D eigenvalue weighted by atomic mass is 16.5. The summed E-state index contributed by atoms with van der Waals surface area (Å²) in [5.74, 6) is -0.680. The molecule has 1 aromatic heterocycles. The minimum atomic E-state index is -0.996. The zero-order valence-electron chi connectivity index (χ0n) is 10.4. The van der Waals surface area contributed by atoms with Crippen molar-refractivity contribution in [2.45, 2.75) is 39.7 Å². The van der Waals surface area contributed by atoms with Crippen LogP contribution in [0.15, 0.2) is 0 Å². The lowest BCUT2D eigenvalue weighted by molar-refractivity contribution is 0.0691. The van der Waals surface area contributed by atoms with Gasteiger partial charge in [-0.05, 0) is 27.2 Å². The first-order chi connectivity index (χ1) is 7.32. The summed E-state index contributed by atoms with van der Waals surface area (Å²) in [5.41, 5.74) is 0.419. The topological polar surface area (TPSA) is 64.4 Å². The van der Waals surface area contributed by atoms with Crippen molar-refractivity contribution < 1.29 is 14.6 Å². The second-order valence-electron chi connectivity index (χ2n) is 4.57. The second kappa shape index (κ2) is 4.15. The molecule has 5 nitrogen and oxygen atoms in total. The van der Waals surface area contributed by atoms with Crippen LogP contribution in [0.3, 0.4) is 0 Å². The van der Waals surface area contributed by atoms with Gasteiger partial charge < -0.3 is 9.84 Å². The zero-order chi connectivity index (χ0) is 12.5. The molecule has 0 aliphatic heterocycles. The van der Waals surface area contributed by atoms with Crippen LogP contribution in [0.2, 0.25) is 0 Å². The van der Waals surface area contributed by atoms with Crippen molar-refractivity contribution in [3.05, 3.63) is 11.3 Å². The van der Waals surface area contributed by atoms with Crippen LogP contribution in [-0.4, -0.2) is 28.0 Å². The number of carbonyl (C=O) groups is 1.